The van der Waals surface area contributed by atoms with Gasteiger partial charge in [-0.1, -0.05) is 25.3 Å². The molecule has 28 heavy (non-hydrogen) atoms. The van der Waals surface area contributed by atoms with Crippen LogP contribution in [0.1, 0.15) is 82.6 Å². The smallest absolute Gasteiger partial charge is 0.305 e. The van der Waals surface area contributed by atoms with Crippen molar-refractivity contribution in [1.82, 2.24) is 4.98 Å². The number of pyridine rings is 1. The van der Waals surface area contributed by atoms with E-state index in [1.807, 2.05) is 13.0 Å². The summed E-state index contributed by atoms with van der Waals surface area (Å²) >= 11 is 0. The second-order valence-corrected chi connectivity index (χ2v) is 7.45. The molecule has 1 aliphatic rings. The van der Waals surface area contributed by atoms with Gasteiger partial charge in [-0.15, -0.1) is 0 Å². The number of nitrogens with zero attached hydrogens (tertiary/aromatic N) is 2. The quantitative estimate of drug-likeness (QED) is 0.413. The molecule has 1 aromatic heterocycles. The largest absolute Gasteiger partial charge is 0.466 e. The Morgan fingerprint density at radius 3 is 2.68 bits per heavy atom. The van der Waals surface area contributed by atoms with E-state index in [1.165, 1.54) is 12.5 Å². The van der Waals surface area contributed by atoms with Crippen LogP contribution < -0.4 is 4.90 Å². The first-order valence-electron chi connectivity index (χ1n) is 10.5. The topological polar surface area (TPSA) is 68.7 Å². The average molecular weight is 391 g/mol. The van der Waals surface area contributed by atoms with E-state index >= 15 is 0 Å². The number of anilines is 1. The molecule has 0 fully saturated rings. The first-order chi connectivity index (χ1) is 13.5. The Labute approximate surface area is 168 Å². The van der Waals surface area contributed by atoms with Crippen LogP contribution in [0.5, 0.6) is 0 Å². The molecule has 0 aliphatic carbocycles. The maximum Gasteiger partial charge on any atom is 0.305 e. The van der Waals surface area contributed by atoms with Crippen molar-refractivity contribution in [3.05, 3.63) is 23.4 Å². The van der Waals surface area contributed by atoms with Crippen LogP contribution in [0.2, 0.25) is 0 Å². The van der Waals surface area contributed by atoms with Crippen molar-refractivity contribution < 1.29 is 19.1 Å². The number of unbranched alkanes of at least 4 members (excludes halogenated alkanes) is 4. The zero-order chi connectivity index (χ0) is 20.4. The fraction of sp³-hybridized carbons (Fsp3) is 0.682. The lowest BCUT2D eigenvalue weighted by Gasteiger charge is -2.27. The van der Waals surface area contributed by atoms with Gasteiger partial charge in [0.2, 0.25) is 0 Å². The van der Waals surface area contributed by atoms with E-state index in [-0.39, 0.29) is 18.0 Å². The summed E-state index contributed by atoms with van der Waals surface area (Å²) in [5.74, 6) is 0.632. The van der Waals surface area contributed by atoms with Crippen LogP contribution in [0.25, 0.3) is 0 Å². The molecule has 0 spiro atoms. The van der Waals surface area contributed by atoms with E-state index in [0.29, 0.717) is 13.0 Å². The molecule has 1 aromatic rings. The highest BCUT2D eigenvalue weighted by molar-refractivity contribution is 5.69. The van der Waals surface area contributed by atoms with Gasteiger partial charge in [-0.25, -0.2) is 4.98 Å². The molecule has 0 radical (unpaired) electrons. The number of hydrogen-bond donors (Lipinski definition) is 0. The summed E-state index contributed by atoms with van der Waals surface area (Å²) in [5, 5.41) is 0. The van der Waals surface area contributed by atoms with Crippen LogP contribution in [0.3, 0.4) is 0 Å². The number of ether oxygens (including phenoxy) is 2. The van der Waals surface area contributed by atoms with Crippen LogP contribution in [0.15, 0.2) is 12.1 Å². The summed E-state index contributed by atoms with van der Waals surface area (Å²) in [4.78, 5) is 29.9. The number of fused-ring (bicyclic) bond motifs is 1. The molecule has 2 rings (SSSR count). The molecule has 0 saturated heterocycles. The van der Waals surface area contributed by atoms with Gasteiger partial charge in [0.05, 0.1) is 12.3 Å². The fourth-order valence-corrected chi connectivity index (χ4v) is 3.64. The Balaban J connectivity index is 1.81. The Hall–Kier alpha value is -2.11. The second-order valence-electron chi connectivity index (χ2n) is 7.45. The van der Waals surface area contributed by atoms with Crippen LogP contribution >= 0.6 is 0 Å². The monoisotopic (exact) mass is 390 g/mol. The van der Waals surface area contributed by atoms with Gasteiger partial charge in [-0.3, -0.25) is 9.59 Å². The molecule has 2 heterocycles. The Kier molecular flexibility index (Phi) is 9.24. The number of carbonyl (C=O) groups is 2. The highest BCUT2D eigenvalue weighted by atomic mass is 16.5. The third-order valence-electron chi connectivity index (χ3n) is 5.07. The van der Waals surface area contributed by atoms with Gasteiger partial charge >= 0.3 is 11.9 Å². The number of aryl methyl sites for hydroxylation is 1. The SMILES string of the molecule is CCOC(=O)CCCCCCCC(OC(C)=O)c1ccc2c(n1)N(C)CCC2. The Morgan fingerprint density at radius 2 is 1.93 bits per heavy atom. The van der Waals surface area contributed by atoms with Gasteiger partial charge in [0.15, 0.2) is 0 Å². The molecule has 1 atom stereocenters. The van der Waals surface area contributed by atoms with Crippen molar-refractivity contribution in [3.63, 3.8) is 0 Å². The lowest BCUT2D eigenvalue weighted by molar-refractivity contribution is -0.147. The van der Waals surface area contributed by atoms with Crippen molar-refractivity contribution >= 4 is 17.8 Å². The van der Waals surface area contributed by atoms with Gasteiger partial charge < -0.3 is 14.4 Å². The van der Waals surface area contributed by atoms with Crippen LogP contribution in [-0.2, 0) is 25.5 Å². The fourth-order valence-electron chi connectivity index (χ4n) is 3.64. The van der Waals surface area contributed by atoms with Crippen molar-refractivity contribution in [1.29, 1.82) is 0 Å². The normalized spacial score (nSPS) is 14.3. The molecule has 6 heteroatoms. The maximum atomic E-state index is 11.6. The molecular formula is C22H34N2O4. The zero-order valence-corrected chi connectivity index (χ0v) is 17.5. The summed E-state index contributed by atoms with van der Waals surface area (Å²) in [5.41, 5.74) is 2.10. The number of rotatable bonds is 11. The molecular weight excluding hydrogens is 356 g/mol. The molecule has 6 nitrogen and oxygen atoms in total. The summed E-state index contributed by atoms with van der Waals surface area (Å²) < 4.78 is 10.5. The van der Waals surface area contributed by atoms with E-state index in [9.17, 15) is 9.59 Å². The highest BCUT2D eigenvalue weighted by Crippen LogP contribution is 2.29. The molecule has 1 aliphatic heterocycles. The molecule has 156 valence electrons. The van der Waals surface area contributed by atoms with Gasteiger partial charge in [0.1, 0.15) is 11.9 Å². The van der Waals surface area contributed by atoms with E-state index in [0.717, 1.165) is 69.4 Å². The van der Waals surface area contributed by atoms with Gasteiger partial charge in [-0.2, -0.15) is 0 Å². The Morgan fingerprint density at radius 1 is 1.18 bits per heavy atom. The standard InChI is InChI=1S/C22H34N2O4/c1-4-27-21(26)13-9-7-5-6-8-12-20(28-17(2)25)19-15-14-18-11-10-16-24(3)22(18)23-19/h14-15,20H,4-13,16H2,1-3H3. The van der Waals surface area contributed by atoms with Gasteiger partial charge in [0, 0.05) is 26.9 Å². The molecule has 0 bridgehead atoms. The molecule has 1 unspecified atom stereocenters. The highest BCUT2D eigenvalue weighted by Gasteiger charge is 2.21. The lowest BCUT2D eigenvalue weighted by Crippen LogP contribution is -2.26. The third kappa shape index (κ3) is 7.13. The van der Waals surface area contributed by atoms with Crippen molar-refractivity contribution in [2.24, 2.45) is 0 Å². The van der Waals surface area contributed by atoms with E-state index in [4.69, 9.17) is 14.5 Å². The van der Waals surface area contributed by atoms with Crippen molar-refractivity contribution in [3.8, 4) is 0 Å². The number of carbonyl (C=O) groups excluding carboxylic acids is 2. The van der Waals surface area contributed by atoms with Crippen molar-refractivity contribution in [2.75, 3.05) is 25.1 Å². The van der Waals surface area contributed by atoms with Crippen molar-refractivity contribution in [2.45, 2.75) is 77.7 Å². The predicted octanol–water partition coefficient (Wildman–Crippen LogP) is 4.36. The average Bonchev–Trinajstić information content (AvgIpc) is 2.66. The molecule has 0 N–H and O–H groups in total. The first-order valence-corrected chi connectivity index (χ1v) is 10.5. The molecule has 0 aromatic carbocycles. The summed E-state index contributed by atoms with van der Waals surface area (Å²) in [6, 6.07) is 4.13. The lowest BCUT2D eigenvalue weighted by atomic mass is 10.0. The zero-order valence-electron chi connectivity index (χ0n) is 17.5. The summed E-state index contributed by atoms with van der Waals surface area (Å²) in [7, 11) is 2.06. The maximum absolute atomic E-state index is 11.6. The van der Waals surface area contributed by atoms with E-state index < -0.39 is 0 Å². The predicted molar refractivity (Wildman–Crippen MR) is 109 cm³/mol. The number of hydrogen-bond acceptors (Lipinski definition) is 6. The minimum atomic E-state index is -0.294. The second kappa shape index (κ2) is 11.7. The molecule has 0 amide bonds. The van der Waals surface area contributed by atoms with Gasteiger partial charge in [0.25, 0.3) is 0 Å². The molecule has 0 saturated carbocycles. The Bertz CT molecular complexity index is 647. The van der Waals surface area contributed by atoms with E-state index in [2.05, 4.69) is 18.0 Å². The third-order valence-corrected chi connectivity index (χ3v) is 5.07. The van der Waals surface area contributed by atoms with Gasteiger partial charge in [-0.05, 0) is 50.7 Å². The summed E-state index contributed by atoms with van der Waals surface area (Å²) in [6.07, 6.45) is 8.13. The number of aromatic nitrogens is 1. The first kappa shape index (κ1) is 22.2. The van der Waals surface area contributed by atoms with Crippen LogP contribution in [-0.4, -0.2) is 37.1 Å². The number of esters is 2. The van der Waals surface area contributed by atoms with Crippen LogP contribution in [0, 0.1) is 0 Å². The van der Waals surface area contributed by atoms with E-state index in [1.54, 1.807) is 0 Å². The minimum Gasteiger partial charge on any atom is -0.466 e. The summed E-state index contributed by atoms with van der Waals surface area (Å²) in [6.45, 7) is 4.73. The minimum absolute atomic E-state index is 0.110. The van der Waals surface area contributed by atoms with Crippen LogP contribution in [0.4, 0.5) is 5.82 Å².